The fourth-order valence-corrected chi connectivity index (χ4v) is 2.82. The number of nitrogens with one attached hydrogen (secondary N) is 2. The molecule has 1 spiro atoms. The second-order valence-corrected chi connectivity index (χ2v) is 5.14. The van der Waals surface area contributed by atoms with Crippen LogP contribution in [0.25, 0.3) is 0 Å². The number of urea groups is 1. The monoisotopic (exact) mass is 273 g/mol. The first-order valence-electron chi connectivity index (χ1n) is 6.59. The van der Waals surface area contributed by atoms with Gasteiger partial charge in [0.15, 0.2) is 0 Å². The summed E-state index contributed by atoms with van der Waals surface area (Å²) in [7, 11) is 0. The highest BCUT2D eigenvalue weighted by Gasteiger charge is 2.51. The molecule has 2 N–H and O–H groups in total. The minimum atomic E-state index is -1.10. The first-order valence-corrected chi connectivity index (χ1v) is 6.59. The van der Waals surface area contributed by atoms with E-state index < -0.39 is 23.3 Å². The molecule has 0 atom stereocenters. The molecule has 6 nitrogen and oxygen atoms in total. The summed E-state index contributed by atoms with van der Waals surface area (Å²) in [4.78, 5) is 37.3. The molecule has 0 radical (unpaired) electrons. The molecule has 104 valence electrons. The molecule has 20 heavy (non-hydrogen) atoms. The largest absolute Gasteiger partial charge is 0.371 e. The third-order valence-corrected chi connectivity index (χ3v) is 4.06. The van der Waals surface area contributed by atoms with Crippen molar-refractivity contribution in [1.82, 2.24) is 10.6 Å². The van der Waals surface area contributed by atoms with Crippen LogP contribution in [0.5, 0.6) is 0 Å². The van der Waals surface area contributed by atoms with Crippen molar-refractivity contribution in [2.24, 2.45) is 5.41 Å². The number of carbonyl (C=O) groups excluding carboxylic acids is 3. The molecule has 2 fully saturated rings. The molecule has 3 rings (SSSR count). The highest BCUT2D eigenvalue weighted by Crippen LogP contribution is 2.35. The number of nitrogens with zero attached hydrogens (tertiary/aromatic N) is 1. The first-order chi connectivity index (χ1) is 9.62. The van der Waals surface area contributed by atoms with Crippen molar-refractivity contribution in [2.75, 3.05) is 18.0 Å². The summed E-state index contributed by atoms with van der Waals surface area (Å²) in [6.07, 6.45) is 0.819. The molecule has 0 bridgehead atoms. The van der Waals surface area contributed by atoms with Crippen LogP contribution in [0.4, 0.5) is 10.5 Å². The van der Waals surface area contributed by atoms with E-state index in [2.05, 4.69) is 15.5 Å². The number of benzene rings is 1. The lowest BCUT2D eigenvalue weighted by Gasteiger charge is -2.41. The van der Waals surface area contributed by atoms with Gasteiger partial charge in [0.2, 0.25) is 11.8 Å². The number of hydrogen-bond donors (Lipinski definition) is 2. The van der Waals surface area contributed by atoms with E-state index in [9.17, 15) is 14.4 Å². The number of barbiturate groups is 1. The quantitative estimate of drug-likeness (QED) is 0.736. The summed E-state index contributed by atoms with van der Waals surface area (Å²) in [6, 6.07) is 9.14. The van der Waals surface area contributed by atoms with Gasteiger partial charge in [0, 0.05) is 18.8 Å². The average molecular weight is 273 g/mol. The highest BCUT2D eigenvalue weighted by atomic mass is 16.2. The maximum absolute atomic E-state index is 12.0. The molecule has 0 saturated carbocycles. The third kappa shape index (κ3) is 1.93. The Morgan fingerprint density at radius 2 is 1.45 bits per heavy atom. The van der Waals surface area contributed by atoms with Crippen LogP contribution in [-0.2, 0) is 9.59 Å². The van der Waals surface area contributed by atoms with E-state index >= 15 is 0 Å². The fourth-order valence-electron chi connectivity index (χ4n) is 2.82. The van der Waals surface area contributed by atoms with Gasteiger partial charge in [0.05, 0.1) is 0 Å². The van der Waals surface area contributed by atoms with Gasteiger partial charge >= 0.3 is 6.03 Å². The minimum absolute atomic E-state index is 0.410. The normalized spacial score (nSPS) is 21.6. The summed E-state index contributed by atoms with van der Waals surface area (Å²) in [6.45, 7) is 1.22. The molecule has 1 aromatic carbocycles. The molecule has 0 unspecified atom stereocenters. The average Bonchev–Trinajstić information content (AvgIpc) is 2.46. The van der Waals surface area contributed by atoms with Crippen LogP contribution in [0.15, 0.2) is 30.3 Å². The molecule has 0 aromatic heterocycles. The van der Waals surface area contributed by atoms with E-state index in [-0.39, 0.29) is 0 Å². The van der Waals surface area contributed by atoms with Crippen LogP contribution in [0.1, 0.15) is 12.8 Å². The van der Waals surface area contributed by atoms with Crippen LogP contribution in [0.3, 0.4) is 0 Å². The Hall–Kier alpha value is -2.37. The van der Waals surface area contributed by atoms with Crippen molar-refractivity contribution < 1.29 is 14.4 Å². The Kier molecular flexibility index (Phi) is 2.93. The Morgan fingerprint density at radius 3 is 2.00 bits per heavy atom. The fraction of sp³-hybridized carbons (Fsp3) is 0.357. The molecule has 2 aliphatic heterocycles. The predicted octanol–water partition coefficient (Wildman–Crippen LogP) is 0.639. The SMILES string of the molecule is O=C1NC(=O)C2(CCN(c3ccccc3)CC2)C(=O)N1. The van der Waals surface area contributed by atoms with Gasteiger partial charge < -0.3 is 4.90 Å². The summed E-state index contributed by atoms with van der Waals surface area (Å²) in [5, 5.41) is 4.39. The zero-order chi connectivity index (χ0) is 14.2. The van der Waals surface area contributed by atoms with Crippen molar-refractivity contribution in [3.05, 3.63) is 30.3 Å². The van der Waals surface area contributed by atoms with E-state index in [1.165, 1.54) is 0 Å². The molecular formula is C14H15N3O3. The van der Waals surface area contributed by atoms with E-state index in [1.54, 1.807) is 0 Å². The standard InChI is InChI=1S/C14H15N3O3/c18-11-14(12(19)16-13(20)15-11)6-8-17(9-7-14)10-4-2-1-3-5-10/h1-5H,6-9H2,(H2,15,16,18,19,20). The zero-order valence-corrected chi connectivity index (χ0v) is 10.9. The van der Waals surface area contributed by atoms with E-state index in [1.807, 2.05) is 30.3 Å². The van der Waals surface area contributed by atoms with Gasteiger partial charge in [0.25, 0.3) is 0 Å². The van der Waals surface area contributed by atoms with E-state index in [4.69, 9.17) is 0 Å². The van der Waals surface area contributed by atoms with Crippen LogP contribution < -0.4 is 15.5 Å². The number of anilines is 1. The van der Waals surface area contributed by atoms with E-state index in [0.717, 1.165) is 5.69 Å². The van der Waals surface area contributed by atoms with Crippen molar-refractivity contribution in [1.29, 1.82) is 0 Å². The van der Waals surface area contributed by atoms with Gasteiger partial charge in [-0.3, -0.25) is 20.2 Å². The Labute approximate surface area is 116 Å². The van der Waals surface area contributed by atoms with E-state index in [0.29, 0.717) is 25.9 Å². The molecule has 1 aromatic rings. The predicted molar refractivity (Wildman–Crippen MR) is 72.0 cm³/mol. The van der Waals surface area contributed by atoms with Gasteiger partial charge in [0.1, 0.15) is 5.41 Å². The van der Waals surface area contributed by atoms with Crippen LogP contribution >= 0.6 is 0 Å². The molecule has 0 aliphatic carbocycles. The minimum Gasteiger partial charge on any atom is -0.371 e. The molecule has 4 amide bonds. The number of amides is 4. The lowest BCUT2D eigenvalue weighted by atomic mass is 9.75. The molecular weight excluding hydrogens is 258 g/mol. The number of rotatable bonds is 1. The number of hydrogen-bond acceptors (Lipinski definition) is 4. The lowest BCUT2D eigenvalue weighted by Crippen LogP contribution is -2.65. The maximum atomic E-state index is 12.0. The molecule has 2 saturated heterocycles. The Balaban J connectivity index is 1.76. The molecule has 6 heteroatoms. The molecule has 2 heterocycles. The number of piperidine rings is 1. The van der Waals surface area contributed by atoms with Crippen LogP contribution in [-0.4, -0.2) is 30.9 Å². The highest BCUT2D eigenvalue weighted by molar-refractivity contribution is 6.19. The topological polar surface area (TPSA) is 78.5 Å². The maximum Gasteiger partial charge on any atom is 0.328 e. The summed E-state index contributed by atoms with van der Waals surface area (Å²) >= 11 is 0. The van der Waals surface area contributed by atoms with Crippen molar-refractivity contribution >= 4 is 23.5 Å². The zero-order valence-electron chi connectivity index (χ0n) is 10.9. The summed E-state index contributed by atoms with van der Waals surface area (Å²) < 4.78 is 0. The van der Waals surface area contributed by atoms with Crippen molar-refractivity contribution in [2.45, 2.75) is 12.8 Å². The second-order valence-electron chi connectivity index (χ2n) is 5.14. The smallest absolute Gasteiger partial charge is 0.328 e. The number of para-hydroxylation sites is 1. The Morgan fingerprint density at radius 1 is 0.900 bits per heavy atom. The van der Waals surface area contributed by atoms with Crippen molar-refractivity contribution in [3.63, 3.8) is 0 Å². The van der Waals surface area contributed by atoms with Gasteiger partial charge in [-0.05, 0) is 25.0 Å². The summed E-state index contributed by atoms with van der Waals surface area (Å²) in [5.41, 5.74) is -0.0193. The number of imide groups is 2. The lowest BCUT2D eigenvalue weighted by molar-refractivity contribution is -0.145. The second kappa shape index (κ2) is 4.63. The van der Waals surface area contributed by atoms with Gasteiger partial charge in [-0.2, -0.15) is 0 Å². The van der Waals surface area contributed by atoms with Crippen LogP contribution in [0.2, 0.25) is 0 Å². The number of carbonyl (C=O) groups is 3. The first kappa shape index (κ1) is 12.7. The Bertz CT molecular complexity index is 540. The third-order valence-electron chi connectivity index (χ3n) is 4.06. The van der Waals surface area contributed by atoms with Gasteiger partial charge in [-0.15, -0.1) is 0 Å². The molecule has 2 aliphatic rings. The van der Waals surface area contributed by atoms with Crippen molar-refractivity contribution in [3.8, 4) is 0 Å². The van der Waals surface area contributed by atoms with Gasteiger partial charge in [-0.1, -0.05) is 18.2 Å². The van der Waals surface area contributed by atoms with Gasteiger partial charge in [-0.25, -0.2) is 4.79 Å². The van der Waals surface area contributed by atoms with Crippen LogP contribution in [0, 0.1) is 5.41 Å². The summed E-state index contributed by atoms with van der Waals surface area (Å²) in [5.74, 6) is -0.946.